The molecule has 0 unspecified atom stereocenters. The first kappa shape index (κ1) is 15.2. The summed E-state index contributed by atoms with van der Waals surface area (Å²) >= 11 is 0. The maximum Gasteiger partial charge on any atom is 0.264 e. The zero-order valence-corrected chi connectivity index (χ0v) is 11.6. The fraction of sp³-hybridized carbons (Fsp3) is 0.0769. The quantitative estimate of drug-likeness (QED) is 0.855. The van der Waals surface area contributed by atoms with Gasteiger partial charge in [0.1, 0.15) is 22.2 Å². The topological polar surface area (TPSA) is 72.2 Å². The number of nitrogens with one attached hydrogen (secondary N) is 1. The molecule has 0 atom stereocenters. The van der Waals surface area contributed by atoms with Crippen molar-refractivity contribution >= 4 is 21.4 Å². The summed E-state index contributed by atoms with van der Waals surface area (Å²) in [5.41, 5.74) is 4.24. The monoisotopic (exact) mass is 316 g/mol. The minimum absolute atomic E-state index is 0.0442. The van der Waals surface area contributed by atoms with Crippen molar-refractivity contribution < 1.29 is 21.6 Å². The van der Waals surface area contributed by atoms with Gasteiger partial charge in [-0.15, -0.1) is 0 Å². The maximum absolute atomic E-state index is 13.8. The molecular weight excluding hydrogens is 305 g/mol. The second kappa shape index (κ2) is 5.28. The molecule has 0 amide bonds. The van der Waals surface area contributed by atoms with Gasteiger partial charge in [0, 0.05) is 5.56 Å². The number of sulfonamides is 1. The van der Waals surface area contributed by atoms with Crippen LogP contribution in [0.2, 0.25) is 0 Å². The molecule has 0 radical (unpaired) electrons. The third kappa shape index (κ3) is 2.80. The van der Waals surface area contributed by atoms with E-state index in [1.54, 1.807) is 0 Å². The Labute approximate surface area is 119 Å². The van der Waals surface area contributed by atoms with Crippen LogP contribution in [0.1, 0.15) is 5.56 Å². The summed E-state index contributed by atoms with van der Waals surface area (Å²) in [6, 6.07) is 5.27. The highest BCUT2D eigenvalue weighted by atomic mass is 32.2. The largest absolute Gasteiger partial charge is 0.394 e. The van der Waals surface area contributed by atoms with Crippen LogP contribution in [-0.2, 0) is 10.0 Å². The molecule has 0 aliphatic rings. The van der Waals surface area contributed by atoms with Crippen LogP contribution in [0, 0.1) is 24.4 Å². The average Bonchev–Trinajstić information content (AvgIpc) is 2.41. The molecule has 0 heterocycles. The van der Waals surface area contributed by atoms with Gasteiger partial charge in [-0.2, -0.15) is 0 Å². The molecule has 8 heteroatoms. The van der Waals surface area contributed by atoms with E-state index in [0.29, 0.717) is 0 Å². The van der Waals surface area contributed by atoms with Gasteiger partial charge in [-0.1, -0.05) is 6.07 Å². The first-order valence-electron chi connectivity index (χ1n) is 5.75. The van der Waals surface area contributed by atoms with Crippen molar-refractivity contribution in [1.82, 2.24) is 0 Å². The SMILES string of the molecule is Cc1c(F)cccc1NS(=O)(=O)c1ccc(F)c(N)c1F. The molecule has 0 fully saturated rings. The van der Waals surface area contributed by atoms with E-state index < -0.39 is 38.1 Å². The number of hydrogen-bond donors (Lipinski definition) is 2. The fourth-order valence-corrected chi connectivity index (χ4v) is 2.89. The van der Waals surface area contributed by atoms with Gasteiger partial charge < -0.3 is 5.73 Å². The first-order chi connectivity index (χ1) is 9.74. The van der Waals surface area contributed by atoms with Gasteiger partial charge in [-0.3, -0.25) is 4.72 Å². The lowest BCUT2D eigenvalue weighted by molar-refractivity contribution is 0.557. The Bertz CT molecular complexity index is 807. The van der Waals surface area contributed by atoms with E-state index in [1.807, 2.05) is 4.72 Å². The standard InChI is InChI=1S/C13H11F3N2O2S/c1-7-8(14)3-2-4-10(7)18-21(19,20)11-6-5-9(15)13(17)12(11)16/h2-6,18H,17H2,1H3. The number of nitrogens with two attached hydrogens (primary N) is 1. The number of anilines is 2. The average molecular weight is 316 g/mol. The molecule has 3 N–H and O–H groups in total. The summed E-state index contributed by atoms with van der Waals surface area (Å²) in [6.07, 6.45) is 0. The summed E-state index contributed by atoms with van der Waals surface area (Å²) < 4.78 is 66.5. The van der Waals surface area contributed by atoms with Gasteiger partial charge in [0.05, 0.1) is 5.69 Å². The molecule has 2 aromatic rings. The van der Waals surface area contributed by atoms with Gasteiger partial charge in [0.15, 0.2) is 5.82 Å². The number of hydrogen-bond acceptors (Lipinski definition) is 3. The minimum Gasteiger partial charge on any atom is -0.394 e. The Balaban J connectivity index is 2.49. The molecule has 2 rings (SSSR count). The van der Waals surface area contributed by atoms with Crippen molar-refractivity contribution in [3.63, 3.8) is 0 Å². The van der Waals surface area contributed by atoms with E-state index in [2.05, 4.69) is 0 Å². The predicted octanol–water partition coefficient (Wildman–Crippen LogP) is 2.80. The molecule has 0 aromatic heterocycles. The molecule has 21 heavy (non-hydrogen) atoms. The highest BCUT2D eigenvalue weighted by molar-refractivity contribution is 7.92. The fourth-order valence-electron chi connectivity index (χ4n) is 1.67. The summed E-state index contributed by atoms with van der Waals surface area (Å²) in [5, 5.41) is 0. The highest BCUT2D eigenvalue weighted by Crippen LogP contribution is 2.26. The summed E-state index contributed by atoms with van der Waals surface area (Å²) in [4.78, 5) is -0.815. The van der Waals surface area contributed by atoms with Crippen LogP contribution in [0.15, 0.2) is 35.2 Å². The number of rotatable bonds is 3. The van der Waals surface area contributed by atoms with E-state index >= 15 is 0 Å². The molecule has 0 spiro atoms. The lowest BCUT2D eigenvalue weighted by atomic mass is 10.2. The zero-order chi connectivity index (χ0) is 15.8. The molecule has 2 aromatic carbocycles. The molecule has 0 saturated heterocycles. The molecular formula is C13H11F3N2O2S. The lowest BCUT2D eigenvalue weighted by Gasteiger charge is -2.12. The van der Waals surface area contributed by atoms with E-state index in [4.69, 9.17) is 5.73 Å². The molecule has 0 aliphatic heterocycles. The van der Waals surface area contributed by atoms with Gasteiger partial charge in [0.25, 0.3) is 10.0 Å². The van der Waals surface area contributed by atoms with Crippen LogP contribution in [0.4, 0.5) is 24.5 Å². The van der Waals surface area contributed by atoms with Crippen molar-refractivity contribution in [2.24, 2.45) is 0 Å². The van der Waals surface area contributed by atoms with Crippen molar-refractivity contribution in [3.8, 4) is 0 Å². The van der Waals surface area contributed by atoms with Crippen LogP contribution in [0.5, 0.6) is 0 Å². The normalized spacial score (nSPS) is 11.4. The van der Waals surface area contributed by atoms with Crippen LogP contribution in [0.25, 0.3) is 0 Å². The van der Waals surface area contributed by atoms with Gasteiger partial charge in [-0.05, 0) is 31.2 Å². The Hall–Kier alpha value is -2.22. The lowest BCUT2D eigenvalue weighted by Crippen LogP contribution is -2.16. The van der Waals surface area contributed by atoms with E-state index in [9.17, 15) is 21.6 Å². The molecule has 112 valence electrons. The second-order valence-corrected chi connectivity index (χ2v) is 5.94. The van der Waals surface area contributed by atoms with E-state index in [1.165, 1.54) is 19.1 Å². The minimum atomic E-state index is -4.36. The number of benzene rings is 2. The van der Waals surface area contributed by atoms with Crippen LogP contribution >= 0.6 is 0 Å². The van der Waals surface area contributed by atoms with Crippen molar-refractivity contribution in [1.29, 1.82) is 0 Å². The van der Waals surface area contributed by atoms with E-state index in [0.717, 1.165) is 18.2 Å². The molecule has 0 saturated carbocycles. The van der Waals surface area contributed by atoms with Crippen molar-refractivity contribution in [2.75, 3.05) is 10.5 Å². The Kier molecular flexibility index (Phi) is 3.82. The summed E-state index contributed by atoms with van der Waals surface area (Å²) in [7, 11) is -4.36. The molecule has 0 aliphatic carbocycles. The highest BCUT2D eigenvalue weighted by Gasteiger charge is 2.23. The van der Waals surface area contributed by atoms with Crippen molar-refractivity contribution in [3.05, 3.63) is 53.3 Å². The van der Waals surface area contributed by atoms with E-state index in [-0.39, 0.29) is 11.3 Å². The summed E-state index contributed by atoms with van der Waals surface area (Å²) in [5.74, 6) is -3.07. The summed E-state index contributed by atoms with van der Waals surface area (Å²) in [6.45, 7) is 1.36. The number of halogens is 3. The first-order valence-corrected chi connectivity index (χ1v) is 7.24. The second-order valence-electron chi connectivity index (χ2n) is 4.29. The number of nitrogen functional groups attached to an aromatic ring is 1. The van der Waals surface area contributed by atoms with Crippen LogP contribution < -0.4 is 10.5 Å². The van der Waals surface area contributed by atoms with Crippen LogP contribution in [-0.4, -0.2) is 8.42 Å². The Morgan fingerprint density at radius 1 is 1.05 bits per heavy atom. The Morgan fingerprint density at radius 3 is 2.38 bits per heavy atom. The van der Waals surface area contributed by atoms with Gasteiger partial charge in [0.2, 0.25) is 0 Å². The third-order valence-electron chi connectivity index (χ3n) is 2.89. The zero-order valence-electron chi connectivity index (χ0n) is 10.8. The molecule has 4 nitrogen and oxygen atoms in total. The molecule has 0 bridgehead atoms. The third-order valence-corrected chi connectivity index (χ3v) is 4.28. The smallest absolute Gasteiger partial charge is 0.264 e. The Morgan fingerprint density at radius 2 is 1.71 bits per heavy atom. The van der Waals surface area contributed by atoms with Crippen molar-refractivity contribution in [2.45, 2.75) is 11.8 Å². The maximum atomic E-state index is 13.8. The van der Waals surface area contributed by atoms with Crippen LogP contribution in [0.3, 0.4) is 0 Å². The van der Waals surface area contributed by atoms with Gasteiger partial charge >= 0.3 is 0 Å². The van der Waals surface area contributed by atoms with Gasteiger partial charge in [-0.25, -0.2) is 21.6 Å². The predicted molar refractivity (Wildman–Crippen MR) is 72.7 cm³/mol.